The third-order valence-electron chi connectivity index (χ3n) is 21.3. The van der Waals surface area contributed by atoms with E-state index in [0.717, 1.165) is 4.90 Å². The lowest BCUT2D eigenvalue weighted by Gasteiger charge is -2.43. The number of likely N-dealkylation sites (tertiary alicyclic amines) is 1. The van der Waals surface area contributed by atoms with E-state index in [-0.39, 0.29) is 99.4 Å². The molecule has 624 valence electrons. The molecule has 2 saturated heterocycles. The molecule has 3 aliphatic carbocycles. The van der Waals surface area contributed by atoms with Crippen molar-refractivity contribution in [3.63, 3.8) is 0 Å². The predicted octanol–water partition coefficient (Wildman–Crippen LogP) is -3.23. The number of imide groups is 1. The first-order chi connectivity index (χ1) is 54.0. The van der Waals surface area contributed by atoms with Crippen molar-refractivity contribution in [2.45, 2.75) is 192 Å². The first kappa shape index (κ1) is 89.3. The highest BCUT2D eigenvalue weighted by atomic mass is 16.7. The van der Waals surface area contributed by atoms with Crippen LogP contribution in [0.25, 0.3) is 0 Å². The van der Waals surface area contributed by atoms with Crippen LogP contribution >= 0.6 is 0 Å². The molecule has 15 N–H and O–H groups in total. The summed E-state index contributed by atoms with van der Waals surface area (Å²) in [6.07, 6.45) is -4.66. The van der Waals surface area contributed by atoms with E-state index in [1.54, 1.807) is 34.6 Å². The molecule has 0 aromatic heterocycles. The molecule has 38 nitrogen and oxygen atoms in total. The molecule has 0 bridgehead atoms. The number of nitrogens with two attached hydrogens (primary N) is 1. The molecule has 6 aliphatic rings. The van der Waals surface area contributed by atoms with Gasteiger partial charge in [0.15, 0.2) is 23.6 Å². The number of hydrogen-bond acceptors (Lipinski definition) is 27. The summed E-state index contributed by atoms with van der Waals surface area (Å²) < 4.78 is 33.9. The van der Waals surface area contributed by atoms with Crippen LogP contribution in [-0.2, 0) is 97.2 Å². The third kappa shape index (κ3) is 21.6. The van der Waals surface area contributed by atoms with E-state index in [1.807, 2.05) is 0 Å². The van der Waals surface area contributed by atoms with Gasteiger partial charge in [-0.1, -0.05) is 52.7 Å². The molecular formula is C76H103N11O27. The Balaban J connectivity index is 0.785. The topological polar surface area (TPSA) is 558 Å². The van der Waals surface area contributed by atoms with Crippen molar-refractivity contribution in [1.29, 1.82) is 0 Å². The van der Waals surface area contributed by atoms with Gasteiger partial charge in [-0.2, -0.15) is 0 Å². The molecule has 8 rings (SSSR count). The molecule has 15 atom stereocenters. The minimum atomic E-state index is -2.51. The molecule has 10 unspecified atom stereocenters. The molecule has 3 aliphatic heterocycles. The van der Waals surface area contributed by atoms with E-state index in [2.05, 4.69) is 42.5 Å². The Morgan fingerprint density at radius 3 is 1.97 bits per heavy atom. The maximum Gasteiger partial charge on any atom is 0.253 e. The number of fused-ring (bicyclic) bond motifs is 3. The number of aliphatic hydroxyl groups excluding tert-OH is 2. The lowest BCUT2D eigenvalue weighted by Crippen LogP contribution is -2.60. The molecule has 2 aromatic rings. The average Bonchev–Trinajstić information content (AvgIpc) is 0.804. The number of nitrogens with zero attached hydrogens (tertiary/aromatic N) is 2. The Morgan fingerprint density at radius 1 is 0.702 bits per heavy atom. The second kappa shape index (κ2) is 40.2. The Kier molecular flexibility index (Phi) is 31.5. The zero-order valence-electron chi connectivity index (χ0n) is 64.8. The quantitative estimate of drug-likeness (QED) is 0.0151. The molecule has 2 aromatic carbocycles. The van der Waals surface area contributed by atoms with Gasteiger partial charge in [-0.25, -0.2) is 0 Å². The summed E-state index contributed by atoms with van der Waals surface area (Å²) in [5.41, 5.74) is 0.545. The Bertz CT molecular complexity index is 4040. The fourth-order valence-corrected chi connectivity index (χ4v) is 14.9. The normalized spacial score (nSPS) is 23.6. The number of ether oxygens (including phenoxy) is 6. The van der Waals surface area contributed by atoms with E-state index < -0.39 is 259 Å². The second-order valence-corrected chi connectivity index (χ2v) is 29.5. The number of primary amides is 1. The van der Waals surface area contributed by atoms with Crippen LogP contribution in [0.5, 0.6) is 17.2 Å². The number of benzene rings is 2. The number of rotatable bonds is 41. The van der Waals surface area contributed by atoms with Crippen molar-refractivity contribution in [2.24, 2.45) is 29.4 Å². The van der Waals surface area contributed by atoms with E-state index in [1.165, 1.54) is 56.2 Å². The molecule has 38 heteroatoms. The van der Waals surface area contributed by atoms with Crippen LogP contribution in [0.3, 0.4) is 0 Å². The van der Waals surface area contributed by atoms with Crippen molar-refractivity contribution in [3.8, 4) is 17.2 Å². The minimum absolute atomic E-state index is 0.0272. The first-order valence-electron chi connectivity index (χ1n) is 38.0. The molecule has 12 amide bonds. The molecule has 0 radical (unpaired) electrons. The van der Waals surface area contributed by atoms with Crippen molar-refractivity contribution in [3.05, 3.63) is 63.7 Å². The van der Waals surface area contributed by atoms with Crippen molar-refractivity contribution < 1.29 is 131 Å². The van der Waals surface area contributed by atoms with Crippen LogP contribution in [-0.4, -0.2) is 275 Å². The number of carbonyl (C=O) groups excluding carboxylic acids is 16. The van der Waals surface area contributed by atoms with Gasteiger partial charge in [-0.05, 0) is 64.4 Å². The van der Waals surface area contributed by atoms with Gasteiger partial charge in [0, 0.05) is 78.8 Å². The first-order valence-corrected chi connectivity index (χ1v) is 38.0. The summed E-state index contributed by atoms with van der Waals surface area (Å²) in [4.78, 5) is 216. The fourth-order valence-electron chi connectivity index (χ4n) is 14.9. The SMILES string of the molecule is CCC(C)C(NC(=O)CNC(=O)C(C)N1C(=O)C(NC(=O)C2CCCC2C(=O)CNC(=O)CCOCCOCCOCCN2C(=O)C=CC2=O)CC1C)C(=O)NC(C(=O)NCC(=O)NC(CCC(N)=O)C(=O)N[C@H]1C[C@H](OC2C[C@](O)(C(=O)CO)Cc3c(O)c4c(c(O)c32)C(=O)c2c(OC)cccc2C4=O)O[C@@H](C)[C@H]1O)C(C)C. The largest absolute Gasteiger partial charge is 0.507 e. The maximum absolute atomic E-state index is 14.2. The zero-order chi connectivity index (χ0) is 83.7. The predicted molar refractivity (Wildman–Crippen MR) is 394 cm³/mol. The number of phenols is 2. The number of Topliss-reactive ketones (excluding diaryl/α,β-unsaturated/α-hetero) is 2. The minimum Gasteiger partial charge on any atom is -0.507 e. The second-order valence-electron chi connectivity index (χ2n) is 29.5. The number of phenolic OH excluding ortho intramolecular Hbond substituents is 2. The molecule has 0 spiro atoms. The van der Waals surface area contributed by atoms with Gasteiger partial charge in [-0.15, -0.1) is 0 Å². The number of aromatic hydroxyl groups is 2. The summed E-state index contributed by atoms with van der Waals surface area (Å²) in [7, 11) is 1.25. The van der Waals surface area contributed by atoms with Gasteiger partial charge < -0.3 is 107 Å². The van der Waals surface area contributed by atoms with Crippen molar-refractivity contribution >= 4 is 94.0 Å². The van der Waals surface area contributed by atoms with E-state index >= 15 is 0 Å². The Labute approximate surface area is 656 Å². The van der Waals surface area contributed by atoms with Crippen molar-refractivity contribution in [2.75, 3.05) is 79.5 Å². The van der Waals surface area contributed by atoms with Crippen LogP contribution in [0.15, 0.2) is 30.4 Å². The smallest absolute Gasteiger partial charge is 0.253 e. The molecular weight excluding hydrogens is 1500 g/mol. The summed E-state index contributed by atoms with van der Waals surface area (Å²) >= 11 is 0. The molecule has 114 heavy (non-hydrogen) atoms. The van der Waals surface area contributed by atoms with Gasteiger partial charge in [0.1, 0.15) is 65.8 Å². The molecule has 3 fully saturated rings. The lowest BCUT2D eigenvalue weighted by molar-refractivity contribution is -0.249. The van der Waals surface area contributed by atoms with Crippen LogP contribution in [0, 0.1) is 23.7 Å². The van der Waals surface area contributed by atoms with Gasteiger partial charge in [0.25, 0.3) is 11.8 Å². The van der Waals surface area contributed by atoms with Gasteiger partial charge in [-0.3, -0.25) is 81.6 Å². The van der Waals surface area contributed by atoms with Crippen LogP contribution in [0.1, 0.15) is 162 Å². The Hall–Kier alpha value is -10.2. The maximum atomic E-state index is 14.2. The monoisotopic (exact) mass is 1600 g/mol. The van der Waals surface area contributed by atoms with Gasteiger partial charge in [0.05, 0.1) is 108 Å². The van der Waals surface area contributed by atoms with Crippen molar-refractivity contribution in [1.82, 2.24) is 52.3 Å². The van der Waals surface area contributed by atoms with E-state index in [4.69, 9.17) is 34.2 Å². The third-order valence-corrected chi connectivity index (χ3v) is 21.3. The number of methoxy groups -OCH3 is 1. The summed E-state index contributed by atoms with van der Waals surface area (Å²) in [6, 6.07) is -4.17. The highest BCUT2D eigenvalue weighted by Gasteiger charge is 2.52. The Morgan fingerprint density at radius 2 is 1.33 bits per heavy atom. The van der Waals surface area contributed by atoms with Crippen LogP contribution < -0.4 is 53.0 Å². The number of nitrogens with one attached hydrogen (secondary N) is 8. The number of ketones is 4. The number of amides is 12. The standard InChI is InChI=1S/C76H103N11O27/c1-9-37(4)64(84-55(94)34-79-70(102)39(6)87-38(5)28-47(75(87)107)83-71(103)42-13-10-12-41(42)48(89)32-78-53(92)20-22-110-24-26-112-27-25-111-23-21-86-56(95)18-19-57(86)96)74(106)85-63(36(2)3)73(105)80-33-54(93)81-45(16-17-52(77)91)72(104)82-46-29-58(113-40(7)65(46)97)114-50-31-76(108,51(90)35-88)30-44-60(50)69(101)62-61(67(44)99)66(98)43-14-11-15-49(109-8)59(43)68(62)100/h11,14-15,18-19,36-42,45-47,50,58,63-65,88,97,99,101,108H,9-10,12-13,16-17,20-35H2,1-8H3,(H2,77,91)(H,78,92)(H,79,102)(H,80,105)(H,81,93)(H,82,104)(H,83,103)(H,84,94)(H,85,106)/t37?,38?,39?,40-,41?,42?,45?,46-,47?,50?,58-,63?,64?,65+,76-/m0/s1. The van der Waals surface area contributed by atoms with Crippen LogP contribution in [0.2, 0.25) is 0 Å². The zero-order valence-corrected chi connectivity index (χ0v) is 64.8. The summed E-state index contributed by atoms with van der Waals surface area (Å²) in [5.74, 6) is -16.3. The molecule has 3 heterocycles. The number of carbonyl (C=O) groups is 16. The molecule has 1 saturated carbocycles. The fraction of sp³-hybridized carbons (Fsp3) is 0.605. The van der Waals surface area contributed by atoms with Gasteiger partial charge >= 0.3 is 0 Å². The van der Waals surface area contributed by atoms with E-state index in [0.29, 0.717) is 25.7 Å². The highest BCUT2D eigenvalue weighted by Crippen LogP contribution is 2.53. The van der Waals surface area contributed by atoms with Crippen LogP contribution in [0.4, 0.5) is 0 Å². The average molecular weight is 1600 g/mol. The summed E-state index contributed by atoms with van der Waals surface area (Å²) in [6.45, 7) is 9.23. The lowest BCUT2D eigenvalue weighted by atomic mass is 9.72. The number of hydrogen-bond donors (Lipinski definition) is 14. The van der Waals surface area contributed by atoms with E-state index in [9.17, 15) is 102 Å². The summed E-state index contributed by atoms with van der Waals surface area (Å²) in [5, 5.41) is 77.5. The number of aliphatic hydroxyl groups is 3. The highest BCUT2D eigenvalue weighted by molar-refractivity contribution is 6.31. The van der Waals surface area contributed by atoms with Gasteiger partial charge in [0.2, 0.25) is 64.9 Å².